The lowest BCUT2D eigenvalue weighted by Crippen LogP contribution is -2.47. The van der Waals surface area contributed by atoms with Crippen LogP contribution < -0.4 is 5.32 Å². The minimum atomic E-state index is -0.258. The molecule has 0 spiro atoms. The third-order valence-electron chi connectivity index (χ3n) is 4.29. The predicted molar refractivity (Wildman–Crippen MR) is 89.2 cm³/mol. The van der Waals surface area contributed by atoms with Gasteiger partial charge in [0.1, 0.15) is 17.3 Å². The highest BCUT2D eigenvalue weighted by atomic mass is 19.1. The monoisotopic (exact) mass is 311 g/mol. The Morgan fingerprint density at radius 2 is 1.96 bits per heavy atom. The van der Waals surface area contributed by atoms with Crippen molar-refractivity contribution in [2.45, 2.75) is 0 Å². The molecule has 6 heteroatoms. The summed E-state index contributed by atoms with van der Waals surface area (Å²) in [4.78, 5) is 13.7. The van der Waals surface area contributed by atoms with E-state index in [4.69, 9.17) is 4.99 Å². The molecule has 4 rings (SSSR count). The van der Waals surface area contributed by atoms with Gasteiger partial charge < -0.3 is 15.1 Å². The van der Waals surface area contributed by atoms with Gasteiger partial charge in [-0.2, -0.15) is 0 Å². The molecule has 23 heavy (non-hydrogen) atoms. The molecule has 3 heterocycles. The molecule has 0 amide bonds. The Hall–Kier alpha value is -2.47. The molecule has 0 bridgehead atoms. The van der Waals surface area contributed by atoms with Gasteiger partial charge in [0.05, 0.1) is 5.69 Å². The van der Waals surface area contributed by atoms with Gasteiger partial charge in [0, 0.05) is 37.9 Å². The van der Waals surface area contributed by atoms with E-state index in [1.165, 1.54) is 6.07 Å². The van der Waals surface area contributed by atoms with Crippen molar-refractivity contribution >= 4 is 23.0 Å². The van der Waals surface area contributed by atoms with Crippen molar-refractivity contribution in [3.8, 4) is 0 Å². The van der Waals surface area contributed by atoms with Crippen molar-refractivity contribution in [3.05, 3.63) is 47.9 Å². The summed E-state index contributed by atoms with van der Waals surface area (Å²) in [7, 11) is 2.11. The SMILES string of the molecule is CN1CCN(C2=Nc3cccnc3Nc3ccc(F)cc32)CC1. The molecule has 0 saturated carbocycles. The van der Waals surface area contributed by atoms with Crippen molar-refractivity contribution in [2.75, 3.05) is 38.5 Å². The van der Waals surface area contributed by atoms with Crippen LogP contribution in [0.25, 0.3) is 0 Å². The zero-order chi connectivity index (χ0) is 15.8. The average Bonchev–Trinajstić information content (AvgIpc) is 2.72. The summed E-state index contributed by atoms with van der Waals surface area (Å²) in [6, 6.07) is 8.54. The van der Waals surface area contributed by atoms with Crippen LogP contribution in [0, 0.1) is 5.82 Å². The first kappa shape index (κ1) is 14.1. The van der Waals surface area contributed by atoms with E-state index in [1.54, 1.807) is 18.3 Å². The number of amidine groups is 1. The second kappa shape index (κ2) is 5.62. The fourth-order valence-electron chi connectivity index (χ4n) is 2.96. The summed E-state index contributed by atoms with van der Waals surface area (Å²) in [5.41, 5.74) is 2.40. The number of nitrogens with zero attached hydrogens (tertiary/aromatic N) is 4. The number of fused-ring (bicyclic) bond motifs is 2. The van der Waals surface area contributed by atoms with Gasteiger partial charge in [0.15, 0.2) is 5.82 Å². The number of hydrogen-bond donors (Lipinski definition) is 1. The topological polar surface area (TPSA) is 43.8 Å². The smallest absolute Gasteiger partial charge is 0.156 e. The van der Waals surface area contributed by atoms with Gasteiger partial charge in [-0.25, -0.2) is 14.4 Å². The van der Waals surface area contributed by atoms with Gasteiger partial charge in [0.2, 0.25) is 0 Å². The molecule has 5 nitrogen and oxygen atoms in total. The Bertz CT molecular complexity index is 765. The second-order valence-electron chi connectivity index (χ2n) is 5.91. The largest absolute Gasteiger partial charge is 0.353 e. The first-order valence-corrected chi connectivity index (χ1v) is 7.75. The van der Waals surface area contributed by atoms with Crippen molar-refractivity contribution in [3.63, 3.8) is 0 Å². The van der Waals surface area contributed by atoms with Crippen LogP contribution in [0.2, 0.25) is 0 Å². The molecular formula is C17H18FN5. The van der Waals surface area contributed by atoms with Crippen molar-refractivity contribution in [1.29, 1.82) is 0 Å². The fourth-order valence-corrected chi connectivity index (χ4v) is 2.96. The van der Waals surface area contributed by atoms with Crippen LogP contribution in [0.15, 0.2) is 41.5 Å². The van der Waals surface area contributed by atoms with Gasteiger partial charge in [-0.15, -0.1) is 0 Å². The van der Waals surface area contributed by atoms with E-state index in [0.29, 0.717) is 5.82 Å². The molecule has 0 unspecified atom stereocenters. The standard InChI is InChI=1S/C17H18FN5/c1-22-7-9-23(10-8-22)17-13-11-12(18)4-5-14(13)20-16-15(21-17)3-2-6-19-16/h2-6,11H,7-10H2,1H3,(H,19,20). The fraction of sp³-hybridized carbons (Fsp3) is 0.294. The number of benzene rings is 1. The molecule has 0 aliphatic carbocycles. The highest BCUT2D eigenvalue weighted by Gasteiger charge is 2.24. The summed E-state index contributed by atoms with van der Waals surface area (Å²) < 4.78 is 13.8. The summed E-state index contributed by atoms with van der Waals surface area (Å²) in [5, 5.41) is 3.28. The molecule has 1 aromatic heterocycles. The van der Waals surface area contributed by atoms with E-state index in [1.807, 2.05) is 12.1 Å². The van der Waals surface area contributed by atoms with Crippen LogP contribution in [0.1, 0.15) is 5.56 Å². The number of pyridine rings is 1. The molecule has 0 atom stereocenters. The molecule has 1 fully saturated rings. The van der Waals surface area contributed by atoms with Gasteiger partial charge in [-0.3, -0.25) is 0 Å². The molecule has 2 aliphatic heterocycles. The Labute approximate surface area is 134 Å². The van der Waals surface area contributed by atoms with Gasteiger partial charge >= 0.3 is 0 Å². The molecule has 1 saturated heterocycles. The summed E-state index contributed by atoms with van der Waals surface area (Å²) in [5.74, 6) is 1.25. The van der Waals surface area contributed by atoms with Crippen molar-refractivity contribution in [2.24, 2.45) is 4.99 Å². The quantitative estimate of drug-likeness (QED) is 0.812. The summed E-state index contributed by atoms with van der Waals surface area (Å²) >= 11 is 0. The third kappa shape index (κ3) is 2.66. The molecule has 0 radical (unpaired) electrons. The molecular weight excluding hydrogens is 293 g/mol. The first-order valence-electron chi connectivity index (χ1n) is 7.75. The number of nitrogens with one attached hydrogen (secondary N) is 1. The Kier molecular flexibility index (Phi) is 3.46. The van der Waals surface area contributed by atoms with Gasteiger partial charge in [0.25, 0.3) is 0 Å². The zero-order valence-corrected chi connectivity index (χ0v) is 13.0. The normalized spacial score (nSPS) is 17.7. The third-order valence-corrected chi connectivity index (χ3v) is 4.29. The number of likely N-dealkylation sites (N-methyl/N-ethyl adjacent to an activating group) is 1. The van der Waals surface area contributed by atoms with E-state index in [9.17, 15) is 4.39 Å². The predicted octanol–water partition coefficient (Wildman–Crippen LogP) is 2.60. The molecule has 1 N–H and O–H groups in total. The van der Waals surface area contributed by atoms with Crippen molar-refractivity contribution < 1.29 is 4.39 Å². The van der Waals surface area contributed by atoms with Crippen LogP contribution in [0.4, 0.5) is 21.6 Å². The number of aliphatic imine (C=N–C) groups is 1. The Morgan fingerprint density at radius 1 is 1.13 bits per heavy atom. The molecule has 118 valence electrons. The number of halogens is 1. The van der Waals surface area contributed by atoms with Crippen LogP contribution in [-0.2, 0) is 0 Å². The Balaban J connectivity index is 1.84. The maximum atomic E-state index is 13.8. The summed E-state index contributed by atoms with van der Waals surface area (Å²) in [6.07, 6.45) is 1.73. The first-order chi connectivity index (χ1) is 11.2. The molecule has 2 aliphatic rings. The maximum absolute atomic E-state index is 13.8. The second-order valence-corrected chi connectivity index (χ2v) is 5.91. The lowest BCUT2D eigenvalue weighted by Gasteiger charge is -2.34. The average molecular weight is 311 g/mol. The molecule has 2 aromatic rings. The number of anilines is 2. The highest BCUT2D eigenvalue weighted by molar-refractivity contribution is 6.07. The summed E-state index contributed by atoms with van der Waals surface area (Å²) in [6.45, 7) is 3.69. The number of rotatable bonds is 0. The number of piperazine rings is 1. The van der Waals surface area contributed by atoms with Crippen LogP contribution >= 0.6 is 0 Å². The minimum Gasteiger partial charge on any atom is -0.353 e. The van der Waals surface area contributed by atoms with E-state index < -0.39 is 0 Å². The Morgan fingerprint density at radius 3 is 2.78 bits per heavy atom. The zero-order valence-electron chi connectivity index (χ0n) is 13.0. The lowest BCUT2D eigenvalue weighted by atomic mass is 10.1. The maximum Gasteiger partial charge on any atom is 0.156 e. The van der Waals surface area contributed by atoms with Crippen LogP contribution in [0.5, 0.6) is 0 Å². The van der Waals surface area contributed by atoms with Gasteiger partial charge in [-0.05, 0) is 37.4 Å². The van der Waals surface area contributed by atoms with Crippen molar-refractivity contribution in [1.82, 2.24) is 14.8 Å². The van der Waals surface area contributed by atoms with E-state index in [2.05, 4.69) is 27.1 Å². The van der Waals surface area contributed by atoms with E-state index in [-0.39, 0.29) is 5.82 Å². The van der Waals surface area contributed by atoms with Crippen LogP contribution in [0.3, 0.4) is 0 Å². The van der Waals surface area contributed by atoms with E-state index >= 15 is 0 Å². The molecule has 1 aromatic carbocycles. The van der Waals surface area contributed by atoms with E-state index in [0.717, 1.165) is 49.0 Å². The van der Waals surface area contributed by atoms with Gasteiger partial charge in [-0.1, -0.05) is 0 Å². The number of hydrogen-bond acceptors (Lipinski definition) is 5. The van der Waals surface area contributed by atoms with Crippen LogP contribution in [-0.4, -0.2) is 53.8 Å². The number of aromatic nitrogens is 1. The minimum absolute atomic E-state index is 0.258. The lowest BCUT2D eigenvalue weighted by molar-refractivity contribution is 0.216. The highest BCUT2D eigenvalue weighted by Crippen LogP contribution is 2.33.